The Balaban J connectivity index is 0.000000187. The number of anilines is 10. The van der Waals surface area contributed by atoms with Crippen LogP contribution in [0.3, 0.4) is 0 Å². The summed E-state index contributed by atoms with van der Waals surface area (Å²) in [5.74, 6) is 1.72. The summed E-state index contributed by atoms with van der Waals surface area (Å²) in [6, 6.07) is 28.1. The molecule has 7 N–H and O–H groups in total. The predicted molar refractivity (Wildman–Crippen MR) is 310 cm³/mol. The zero-order chi connectivity index (χ0) is 53.7. The average molecular weight is 1090 g/mol. The van der Waals surface area contributed by atoms with E-state index in [9.17, 15) is 13.9 Å². The molecular formula is C55H68Cl2N12O4P2. The smallest absolute Gasteiger partial charge is 0.407 e. The van der Waals surface area contributed by atoms with Crippen LogP contribution in [0.4, 0.5) is 62.5 Å². The number of ether oxygens (including phenoxy) is 1. The lowest BCUT2D eigenvalue weighted by atomic mass is 9.60. The molecule has 2 saturated heterocycles. The number of nitrogens with two attached hydrogens (primary N) is 1. The van der Waals surface area contributed by atoms with Gasteiger partial charge < -0.3 is 56.0 Å². The molecule has 10 rings (SSSR count). The van der Waals surface area contributed by atoms with Crippen molar-refractivity contribution >= 4 is 112 Å². The summed E-state index contributed by atoms with van der Waals surface area (Å²) in [4.78, 5) is 34.7. The molecule has 2 aromatic heterocycles. The fraction of sp³-hybridized carbons (Fsp3) is 0.400. The van der Waals surface area contributed by atoms with Crippen LogP contribution >= 0.6 is 37.5 Å². The largest absolute Gasteiger partial charge is 0.444 e. The molecule has 0 atom stereocenters. The SMILES string of the molecule is Cc1cc(Nc2ncc(Cl)c(Nc3ccccc3P(C)(C)=O)n2)ccc1N1CC2(CC(N)C2)C1.Cc1cc(Nc2ncc(Cl)c(Nc3ccccc3P(C)(C)=O)n2)ccc1N1CC2(CC(NC(=O)OC(C)(C)C)C2)C1. The Morgan fingerprint density at radius 1 is 0.653 bits per heavy atom. The highest BCUT2D eigenvalue weighted by Gasteiger charge is 2.53. The quantitative estimate of drug-likeness (QED) is 0.0595. The lowest BCUT2D eigenvalue weighted by molar-refractivity contribution is 0.0215. The van der Waals surface area contributed by atoms with Gasteiger partial charge in [0.25, 0.3) is 0 Å². The van der Waals surface area contributed by atoms with E-state index in [0.717, 1.165) is 85.1 Å². The van der Waals surface area contributed by atoms with Gasteiger partial charge in [0.1, 0.15) is 29.9 Å². The first-order chi connectivity index (χ1) is 35.3. The molecule has 2 aliphatic heterocycles. The molecule has 4 aromatic carbocycles. The second-order valence-electron chi connectivity index (χ2n) is 22.7. The number of aryl methyl sites for hydroxylation is 2. The van der Waals surface area contributed by atoms with Crippen molar-refractivity contribution in [3.63, 3.8) is 0 Å². The van der Waals surface area contributed by atoms with Gasteiger partial charge in [0.2, 0.25) is 11.9 Å². The zero-order valence-corrected chi connectivity index (χ0v) is 47.4. The Bertz CT molecular complexity index is 3210. The Morgan fingerprint density at radius 3 is 1.45 bits per heavy atom. The number of para-hydroxylation sites is 2. The number of rotatable bonds is 13. The van der Waals surface area contributed by atoms with Crippen molar-refractivity contribution in [1.82, 2.24) is 25.3 Å². The Morgan fingerprint density at radius 2 is 1.07 bits per heavy atom. The summed E-state index contributed by atoms with van der Waals surface area (Å²) < 4.78 is 30.8. The number of hydrogen-bond acceptors (Lipinski definition) is 15. The fourth-order valence-corrected chi connectivity index (χ4v) is 13.4. The van der Waals surface area contributed by atoms with E-state index in [2.05, 4.69) is 94.4 Å². The standard InChI is InChI=1S/C30H38ClN6O3P.C25H30ClN6OP/c1-19-13-20(11-12-24(19)37-17-30(18-37)14-21(15-30)34-28(38)40-29(2,3)4)33-27-32-16-22(31)26(36-27)35-23-9-7-8-10-25(23)41(5,6)39;1-16-10-18(8-9-21(16)32-14-25(15-32)11-17(27)12-25)29-24-28-13-19(26)23(31-24)30-20-6-4-5-7-22(20)34(2,3)33/h7-13,16,21H,14-15,17-18H2,1-6H3,(H,34,38)(H2,32,33,35,36);4-10,13,17H,11-12,14-15,27H2,1-3H3,(H2,28,29,30,31). The number of aromatic nitrogens is 4. The van der Waals surface area contributed by atoms with E-state index < -0.39 is 19.9 Å². The van der Waals surface area contributed by atoms with Gasteiger partial charge in [0, 0.05) is 82.5 Å². The monoisotopic (exact) mass is 1090 g/mol. The molecular weight excluding hydrogens is 1030 g/mol. The van der Waals surface area contributed by atoms with E-state index in [1.165, 1.54) is 16.9 Å². The number of carbonyl (C=O) groups is 1. The molecule has 1 amide bonds. The van der Waals surface area contributed by atoms with Crippen LogP contribution < -0.4 is 52.7 Å². The van der Waals surface area contributed by atoms with Gasteiger partial charge in [-0.2, -0.15) is 9.97 Å². The molecule has 0 bridgehead atoms. The van der Waals surface area contributed by atoms with Crippen molar-refractivity contribution in [2.45, 2.75) is 78.0 Å². The average Bonchev–Trinajstić information content (AvgIpc) is 3.27. The molecule has 75 heavy (non-hydrogen) atoms. The Hall–Kier alpha value is -5.89. The lowest BCUT2D eigenvalue weighted by Crippen LogP contribution is -2.67. The predicted octanol–water partition coefficient (Wildman–Crippen LogP) is 11.8. The molecule has 2 aliphatic carbocycles. The van der Waals surface area contributed by atoms with Crippen LogP contribution in [-0.4, -0.2) is 96.6 Å². The summed E-state index contributed by atoms with van der Waals surface area (Å²) in [5.41, 5.74) is 14.2. The van der Waals surface area contributed by atoms with E-state index in [-0.39, 0.29) is 17.6 Å². The normalized spacial score (nSPS) is 16.9. The Kier molecular flexibility index (Phi) is 15.0. The second kappa shape index (κ2) is 20.9. The number of hydrogen-bond donors (Lipinski definition) is 6. The van der Waals surface area contributed by atoms with Gasteiger partial charge in [0.05, 0.1) is 23.8 Å². The third-order valence-electron chi connectivity index (χ3n) is 14.1. The molecule has 2 spiro atoms. The van der Waals surface area contributed by atoms with Crippen molar-refractivity contribution in [2.24, 2.45) is 16.6 Å². The van der Waals surface area contributed by atoms with Gasteiger partial charge in [-0.1, -0.05) is 47.5 Å². The van der Waals surface area contributed by atoms with Gasteiger partial charge >= 0.3 is 6.09 Å². The molecule has 16 nitrogen and oxygen atoms in total. The first-order valence-electron chi connectivity index (χ1n) is 25.2. The third-order valence-corrected chi connectivity index (χ3v) is 17.8. The van der Waals surface area contributed by atoms with Crippen molar-refractivity contribution in [2.75, 3.05) is 83.9 Å². The van der Waals surface area contributed by atoms with E-state index in [1.54, 1.807) is 39.1 Å². The van der Waals surface area contributed by atoms with E-state index in [4.69, 9.17) is 33.7 Å². The van der Waals surface area contributed by atoms with Gasteiger partial charge in [-0.05, 0) is 159 Å². The first-order valence-corrected chi connectivity index (χ1v) is 31.2. The van der Waals surface area contributed by atoms with Crippen LogP contribution in [-0.2, 0) is 13.9 Å². The number of alkyl carbamates (subject to hydrolysis) is 1. The van der Waals surface area contributed by atoms with Crippen molar-refractivity contribution in [1.29, 1.82) is 0 Å². The molecule has 2 saturated carbocycles. The maximum Gasteiger partial charge on any atom is 0.407 e. The number of nitrogens with one attached hydrogen (secondary N) is 5. The van der Waals surface area contributed by atoms with E-state index >= 15 is 0 Å². The molecule has 6 aromatic rings. The second-order valence-corrected chi connectivity index (χ2v) is 29.8. The minimum absolute atomic E-state index is 0.181. The minimum atomic E-state index is -2.50. The van der Waals surface area contributed by atoms with Gasteiger partial charge in [-0.15, -0.1) is 0 Å². The summed E-state index contributed by atoms with van der Waals surface area (Å²) in [7, 11) is -4.98. The van der Waals surface area contributed by atoms with Crippen LogP contribution in [0.15, 0.2) is 97.3 Å². The number of benzene rings is 4. The summed E-state index contributed by atoms with van der Waals surface area (Å²) >= 11 is 12.8. The van der Waals surface area contributed by atoms with Crippen LogP contribution in [0, 0.1) is 24.7 Å². The summed E-state index contributed by atoms with van der Waals surface area (Å²) in [6.07, 6.45) is 7.01. The van der Waals surface area contributed by atoms with Crippen LogP contribution in [0.25, 0.3) is 0 Å². The highest BCUT2D eigenvalue weighted by molar-refractivity contribution is 7.70. The van der Waals surface area contributed by atoms with Crippen LogP contribution in [0.1, 0.15) is 57.6 Å². The lowest BCUT2D eigenvalue weighted by Gasteiger charge is -2.60. The molecule has 0 unspecified atom stereocenters. The maximum absolute atomic E-state index is 12.8. The van der Waals surface area contributed by atoms with Crippen molar-refractivity contribution in [3.05, 3.63) is 118 Å². The molecule has 396 valence electrons. The number of amides is 1. The number of carbonyl (C=O) groups excluding carboxylic acids is 1. The Labute approximate surface area is 450 Å². The molecule has 20 heteroatoms. The summed E-state index contributed by atoms with van der Waals surface area (Å²) in [5, 5.41) is 18.3. The van der Waals surface area contributed by atoms with Crippen LogP contribution in [0.2, 0.25) is 10.0 Å². The first kappa shape index (κ1) is 53.9. The topological polar surface area (TPSA) is 205 Å². The summed E-state index contributed by atoms with van der Waals surface area (Å²) in [6.45, 7) is 20.9. The maximum atomic E-state index is 12.8. The highest BCUT2D eigenvalue weighted by atomic mass is 35.5. The van der Waals surface area contributed by atoms with E-state index in [1.807, 2.05) is 81.4 Å². The molecule has 4 aliphatic rings. The molecule has 4 fully saturated rings. The highest BCUT2D eigenvalue weighted by Crippen LogP contribution is 2.51. The zero-order valence-electron chi connectivity index (χ0n) is 44.1. The third kappa shape index (κ3) is 12.7. The van der Waals surface area contributed by atoms with E-state index in [0.29, 0.717) is 50.7 Å². The minimum Gasteiger partial charge on any atom is -0.444 e. The van der Waals surface area contributed by atoms with Crippen LogP contribution in [0.5, 0.6) is 0 Å². The molecule has 4 heterocycles. The van der Waals surface area contributed by atoms with Crippen molar-refractivity contribution in [3.8, 4) is 0 Å². The number of nitrogens with zero attached hydrogens (tertiary/aromatic N) is 6. The fourth-order valence-electron chi connectivity index (χ4n) is 10.8. The van der Waals surface area contributed by atoms with Gasteiger partial charge in [-0.25, -0.2) is 14.8 Å². The molecule has 0 radical (unpaired) electrons. The van der Waals surface area contributed by atoms with Gasteiger partial charge in [0.15, 0.2) is 11.6 Å². The van der Waals surface area contributed by atoms with Gasteiger partial charge in [-0.3, -0.25) is 0 Å². The van der Waals surface area contributed by atoms with Crippen molar-refractivity contribution < 1.29 is 18.7 Å². The number of halogens is 2.